The van der Waals surface area contributed by atoms with E-state index in [2.05, 4.69) is 4.72 Å². The number of sulfonamides is 1. The van der Waals surface area contributed by atoms with Crippen molar-refractivity contribution in [1.82, 2.24) is 4.72 Å². The predicted octanol–water partition coefficient (Wildman–Crippen LogP) is 3.16. The van der Waals surface area contributed by atoms with Gasteiger partial charge in [0.15, 0.2) is 0 Å². The second-order valence-corrected chi connectivity index (χ2v) is 8.04. The van der Waals surface area contributed by atoms with Crippen molar-refractivity contribution in [2.45, 2.75) is 18.0 Å². The minimum Gasteiger partial charge on any atom is -0.392 e. The summed E-state index contributed by atoms with van der Waals surface area (Å²) in [5, 5.41) is 9.04. The van der Waals surface area contributed by atoms with Crippen LogP contribution in [0.3, 0.4) is 0 Å². The average molecular weight is 370 g/mol. The normalized spacial score (nSPS) is 11.8. The molecule has 0 saturated carbocycles. The minimum atomic E-state index is -4.09. The van der Waals surface area contributed by atoms with Gasteiger partial charge in [-0.05, 0) is 24.3 Å². The summed E-state index contributed by atoms with van der Waals surface area (Å²) in [5.74, 6) is -1.02. The van der Waals surface area contributed by atoms with Crippen LogP contribution in [0.15, 0.2) is 29.2 Å². The van der Waals surface area contributed by atoms with Gasteiger partial charge in [-0.25, -0.2) is 17.5 Å². The number of halogens is 3. The van der Waals surface area contributed by atoms with Crippen LogP contribution in [-0.2, 0) is 23.2 Å². The number of thiophene rings is 1. The molecule has 0 unspecified atom stereocenters. The monoisotopic (exact) mass is 369 g/mol. The molecule has 21 heavy (non-hydrogen) atoms. The van der Waals surface area contributed by atoms with Crippen molar-refractivity contribution in [3.63, 3.8) is 0 Å². The lowest BCUT2D eigenvalue weighted by Crippen LogP contribution is -2.24. The van der Waals surface area contributed by atoms with Crippen LogP contribution in [0.5, 0.6) is 0 Å². The highest BCUT2D eigenvalue weighted by Crippen LogP contribution is 2.25. The van der Waals surface area contributed by atoms with Gasteiger partial charge in [-0.2, -0.15) is 0 Å². The third-order valence-electron chi connectivity index (χ3n) is 2.60. The van der Waals surface area contributed by atoms with Gasteiger partial charge in [0.25, 0.3) is 0 Å². The quantitative estimate of drug-likeness (QED) is 0.850. The topological polar surface area (TPSA) is 66.4 Å². The molecule has 114 valence electrons. The van der Waals surface area contributed by atoms with Crippen molar-refractivity contribution in [2.75, 3.05) is 0 Å². The van der Waals surface area contributed by atoms with E-state index in [4.69, 9.17) is 28.3 Å². The first-order chi connectivity index (χ1) is 9.83. The smallest absolute Gasteiger partial charge is 0.243 e. The van der Waals surface area contributed by atoms with E-state index in [1.165, 1.54) is 17.4 Å². The van der Waals surface area contributed by atoms with Crippen LogP contribution < -0.4 is 4.72 Å². The van der Waals surface area contributed by atoms with E-state index in [0.717, 1.165) is 6.07 Å². The first-order valence-electron chi connectivity index (χ1n) is 5.66. The Balaban J connectivity index is 2.29. The molecule has 0 aliphatic carbocycles. The standard InChI is InChI=1S/C12H10Cl2FNO3S2/c13-8-3-7(6-17)12(15)10(4-8)21(18,19)16-5-9-1-2-11(14)20-9/h1-4,16-17H,5-6H2. The number of hydrogen-bond acceptors (Lipinski definition) is 4. The Morgan fingerprint density at radius 1 is 1.29 bits per heavy atom. The van der Waals surface area contributed by atoms with Crippen LogP contribution in [-0.4, -0.2) is 13.5 Å². The van der Waals surface area contributed by atoms with E-state index in [1.807, 2.05) is 0 Å². The number of hydrogen-bond donors (Lipinski definition) is 2. The molecule has 0 amide bonds. The van der Waals surface area contributed by atoms with E-state index in [-0.39, 0.29) is 17.1 Å². The van der Waals surface area contributed by atoms with E-state index in [0.29, 0.717) is 9.21 Å². The summed E-state index contributed by atoms with van der Waals surface area (Å²) in [7, 11) is -4.09. The van der Waals surface area contributed by atoms with Gasteiger partial charge < -0.3 is 5.11 Å². The Kier molecular flexibility index (Phi) is 5.24. The largest absolute Gasteiger partial charge is 0.392 e. The number of benzene rings is 1. The summed E-state index contributed by atoms with van der Waals surface area (Å²) >= 11 is 12.7. The van der Waals surface area contributed by atoms with Crippen molar-refractivity contribution < 1.29 is 17.9 Å². The third kappa shape index (κ3) is 3.94. The Labute approximate surface area is 135 Å². The van der Waals surface area contributed by atoms with Gasteiger partial charge in [0.2, 0.25) is 10.0 Å². The van der Waals surface area contributed by atoms with Gasteiger partial charge in [-0.3, -0.25) is 0 Å². The molecular weight excluding hydrogens is 360 g/mol. The van der Waals surface area contributed by atoms with Crippen LogP contribution in [0.1, 0.15) is 10.4 Å². The zero-order valence-corrected chi connectivity index (χ0v) is 13.6. The van der Waals surface area contributed by atoms with Crippen molar-refractivity contribution >= 4 is 44.6 Å². The molecule has 2 aromatic rings. The molecule has 2 N–H and O–H groups in total. The molecule has 0 aliphatic rings. The minimum absolute atomic E-state index is 0.0138. The first kappa shape index (κ1) is 16.7. The van der Waals surface area contributed by atoms with Gasteiger partial charge in [0.05, 0.1) is 10.9 Å². The van der Waals surface area contributed by atoms with E-state index < -0.39 is 27.3 Å². The number of aliphatic hydroxyl groups is 1. The average Bonchev–Trinajstić information content (AvgIpc) is 2.84. The Morgan fingerprint density at radius 2 is 2.00 bits per heavy atom. The van der Waals surface area contributed by atoms with Crippen LogP contribution >= 0.6 is 34.5 Å². The molecule has 1 heterocycles. The van der Waals surface area contributed by atoms with Gasteiger partial charge in [0, 0.05) is 22.0 Å². The summed E-state index contributed by atoms with van der Waals surface area (Å²) in [6.07, 6.45) is 0. The molecule has 0 atom stereocenters. The maximum absolute atomic E-state index is 14.0. The summed E-state index contributed by atoms with van der Waals surface area (Å²) in [4.78, 5) is 0.0927. The summed E-state index contributed by atoms with van der Waals surface area (Å²) < 4.78 is 41.1. The van der Waals surface area contributed by atoms with E-state index >= 15 is 0 Å². The first-order valence-corrected chi connectivity index (χ1v) is 8.71. The highest BCUT2D eigenvalue weighted by Gasteiger charge is 2.22. The molecule has 0 spiro atoms. The van der Waals surface area contributed by atoms with Gasteiger partial charge in [-0.15, -0.1) is 11.3 Å². The van der Waals surface area contributed by atoms with Crippen molar-refractivity contribution in [2.24, 2.45) is 0 Å². The van der Waals surface area contributed by atoms with Gasteiger partial charge in [-0.1, -0.05) is 23.2 Å². The second-order valence-electron chi connectivity index (χ2n) is 4.07. The predicted molar refractivity (Wildman–Crippen MR) is 80.7 cm³/mol. The molecule has 1 aromatic heterocycles. The molecule has 4 nitrogen and oxygen atoms in total. The van der Waals surface area contributed by atoms with Crippen LogP contribution in [0.4, 0.5) is 4.39 Å². The van der Waals surface area contributed by atoms with Crippen molar-refractivity contribution in [3.05, 3.63) is 49.9 Å². The summed E-state index contributed by atoms with van der Waals surface area (Å²) in [6, 6.07) is 5.48. The lowest BCUT2D eigenvalue weighted by molar-refractivity contribution is 0.274. The van der Waals surface area contributed by atoms with Crippen molar-refractivity contribution in [3.8, 4) is 0 Å². The SMILES string of the molecule is O=S(=O)(NCc1ccc(Cl)s1)c1cc(Cl)cc(CO)c1F. The molecule has 2 rings (SSSR count). The Morgan fingerprint density at radius 3 is 2.57 bits per heavy atom. The van der Waals surface area contributed by atoms with Gasteiger partial charge >= 0.3 is 0 Å². The summed E-state index contributed by atoms with van der Waals surface area (Å²) in [6.45, 7) is -0.657. The zero-order chi connectivity index (χ0) is 15.6. The number of aliphatic hydroxyl groups excluding tert-OH is 1. The molecule has 9 heteroatoms. The second kappa shape index (κ2) is 6.60. The summed E-state index contributed by atoms with van der Waals surface area (Å²) in [5.41, 5.74) is -0.179. The van der Waals surface area contributed by atoms with E-state index in [1.54, 1.807) is 12.1 Å². The fraction of sp³-hybridized carbons (Fsp3) is 0.167. The lowest BCUT2D eigenvalue weighted by Gasteiger charge is -2.10. The number of nitrogens with one attached hydrogen (secondary N) is 1. The molecule has 1 aromatic carbocycles. The third-order valence-corrected chi connectivity index (χ3v) is 5.45. The zero-order valence-electron chi connectivity index (χ0n) is 10.4. The molecule has 0 saturated heterocycles. The Hall–Kier alpha value is -0.700. The molecule has 0 bridgehead atoms. The molecular formula is C12H10Cl2FNO3S2. The molecule has 0 aliphatic heterocycles. The molecule has 0 radical (unpaired) electrons. The van der Waals surface area contributed by atoms with Crippen LogP contribution in [0.2, 0.25) is 9.36 Å². The van der Waals surface area contributed by atoms with Crippen LogP contribution in [0, 0.1) is 5.82 Å². The van der Waals surface area contributed by atoms with Gasteiger partial charge in [0.1, 0.15) is 10.7 Å². The maximum atomic E-state index is 14.0. The Bertz CT molecular complexity index is 762. The highest BCUT2D eigenvalue weighted by molar-refractivity contribution is 7.89. The fourth-order valence-electron chi connectivity index (χ4n) is 1.62. The number of rotatable bonds is 5. The fourth-order valence-corrected chi connectivity index (χ4v) is 4.19. The van der Waals surface area contributed by atoms with Crippen LogP contribution in [0.25, 0.3) is 0 Å². The van der Waals surface area contributed by atoms with E-state index in [9.17, 15) is 12.8 Å². The maximum Gasteiger partial charge on any atom is 0.243 e. The van der Waals surface area contributed by atoms with Crippen molar-refractivity contribution in [1.29, 1.82) is 0 Å². The lowest BCUT2D eigenvalue weighted by atomic mass is 10.2. The highest BCUT2D eigenvalue weighted by atomic mass is 35.5. The molecule has 0 fully saturated rings.